The van der Waals surface area contributed by atoms with Crippen LogP contribution in [0.4, 0.5) is 14.6 Å². The van der Waals surface area contributed by atoms with Gasteiger partial charge in [0, 0.05) is 6.20 Å². The van der Waals surface area contributed by atoms with Crippen LogP contribution in [0.25, 0.3) is 16.9 Å². The summed E-state index contributed by atoms with van der Waals surface area (Å²) in [5, 5.41) is 6.80. The molecule has 6 nitrogen and oxygen atoms in total. The van der Waals surface area contributed by atoms with Gasteiger partial charge in [-0.2, -0.15) is 5.10 Å². The van der Waals surface area contributed by atoms with Gasteiger partial charge in [0.15, 0.2) is 11.3 Å². The van der Waals surface area contributed by atoms with E-state index in [4.69, 9.17) is 0 Å². The number of anilines is 1. The molecule has 0 saturated heterocycles. The van der Waals surface area contributed by atoms with Crippen LogP contribution < -0.4 is 5.32 Å². The second kappa shape index (κ2) is 6.32. The van der Waals surface area contributed by atoms with Crippen LogP contribution in [-0.2, 0) is 0 Å². The minimum atomic E-state index is -0.739. The Morgan fingerprint density at radius 3 is 2.50 bits per heavy atom. The minimum Gasteiger partial charge on any atom is -0.305 e. The molecule has 8 heteroatoms. The molecule has 4 aromatic rings. The maximum absolute atomic E-state index is 14.0. The maximum atomic E-state index is 14.0. The van der Waals surface area contributed by atoms with Crippen LogP contribution in [0.2, 0.25) is 0 Å². The molecule has 0 aliphatic heterocycles. The number of nitrogens with one attached hydrogen (secondary N) is 1. The lowest BCUT2D eigenvalue weighted by atomic mass is 10.1. The van der Waals surface area contributed by atoms with E-state index in [-0.39, 0.29) is 17.0 Å². The van der Waals surface area contributed by atoms with Gasteiger partial charge in [-0.05, 0) is 36.4 Å². The number of hydrogen-bond acceptors (Lipinski definition) is 4. The number of rotatable bonds is 3. The number of imidazole rings is 1. The molecule has 0 bridgehead atoms. The van der Waals surface area contributed by atoms with Crippen molar-refractivity contribution >= 4 is 17.4 Å². The van der Waals surface area contributed by atoms with E-state index in [1.54, 1.807) is 24.4 Å². The van der Waals surface area contributed by atoms with Crippen LogP contribution >= 0.6 is 0 Å². The van der Waals surface area contributed by atoms with E-state index in [1.807, 2.05) is 0 Å². The van der Waals surface area contributed by atoms with Crippen molar-refractivity contribution in [1.82, 2.24) is 19.6 Å². The Hall–Kier alpha value is -3.68. The third-order valence-electron chi connectivity index (χ3n) is 3.72. The maximum Gasteiger partial charge on any atom is 0.277 e. The van der Waals surface area contributed by atoms with Gasteiger partial charge >= 0.3 is 0 Å². The van der Waals surface area contributed by atoms with E-state index in [1.165, 1.54) is 28.9 Å². The number of halogens is 2. The van der Waals surface area contributed by atoms with Gasteiger partial charge in [-0.3, -0.25) is 4.79 Å². The molecule has 26 heavy (non-hydrogen) atoms. The first kappa shape index (κ1) is 15.8. The van der Waals surface area contributed by atoms with Crippen molar-refractivity contribution in [2.75, 3.05) is 5.32 Å². The molecule has 0 radical (unpaired) electrons. The second-order valence-electron chi connectivity index (χ2n) is 5.40. The van der Waals surface area contributed by atoms with Crippen LogP contribution in [0.5, 0.6) is 0 Å². The fourth-order valence-electron chi connectivity index (χ4n) is 2.52. The second-order valence-corrected chi connectivity index (χ2v) is 5.40. The highest BCUT2D eigenvalue weighted by Gasteiger charge is 2.17. The number of aromatic nitrogens is 4. The molecule has 1 N–H and O–H groups in total. The summed E-state index contributed by atoms with van der Waals surface area (Å²) in [6, 6.07) is 11.6. The predicted molar refractivity (Wildman–Crippen MR) is 90.5 cm³/mol. The molecule has 0 unspecified atom stereocenters. The Morgan fingerprint density at radius 2 is 1.77 bits per heavy atom. The van der Waals surface area contributed by atoms with E-state index in [0.717, 1.165) is 12.1 Å². The summed E-state index contributed by atoms with van der Waals surface area (Å²) >= 11 is 0. The lowest BCUT2D eigenvalue weighted by Crippen LogP contribution is -2.16. The summed E-state index contributed by atoms with van der Waals surface area (Å²) < 4.78 is 29.3. The zero-order valence-electron chi connectivity index (χ0n) is 13.2. The topological polar surface area (TPSA) is 72.2 Å². The van der Waals surface area contributed by atoms with Gasteiger partial charge in [-0.25, -0.2) is 23.3 Å². The Balaban J connectivity index is 1.77. The van der Waals surface area contributed by atoms with Gasteiger partial charge < -0.3 is 5.32 Å². The summed E-state index contributed by atoms with van der Waals surface area (Å²) in [5.41, 5.74) is 0.276. The average molecular weight is 351 g/mol. The Labute approximate surface area is 146 Å². The lowest BCUT2D eigenvalue weighted by Gasteiger charge is -2.07. The Kier molecular flexibility index (Phi) is 3.85. The van der Waals surface area contributed by atoms with Crippen LogP contribution in [0.15, 0.2) is 60.9 Å². The third-order valence-corrected chi connectivity index (χ3v) is 3.72. The Bertz CT molecular complexity index is 1090. The van der Waals surface area contributed by atoms with Crippen molar-refractivity contribution < 1.29 is 13.6 Å². The van der Waals surface area contributed by atoms with Crippen molar-refractivity contribution in [3.63, 3.8) is 0 Å². The molecular formula is C18H11F2N5O. The van der Waals surface area contributed by atoms with Crippen molar-refractivity contribution in [2.24, 2.45) is 0 Å². The summed E-state index contributed by atoms with van der Waals surface area (Å²) in [4.78, 5) is 20.6. The molecule has 0 atom stereocenters. The molecule has 1 aromatic carbocycles. The first-order chi connectivity index (χ1) is 12.6. The third kappa shape index (κ3) is 2.77. The van der Waals surface area contributed by atoms with Gasteiger partial charge in [0.1, 0.15) is 17.5 Å². The van der Waals surface area contributed by atoms with E-state index in [0.29, 0.717) is 11.5 Å². The van der Waals surface area contributed by atoms with Crippen molar-refractivity contribution in [3.05, 3.63) is 78.3 Å². The van der Waals surface area contributed by atoms with Gasteiger partial charge in [0.2, 0.25) is 0 Å². The number of carbonyl (C=O) groups excluding carboxylic acids is 1. The molecule has 0 saturated carbocycles. The van der Waals surface area contributed by atoms with Crippen molar-refractivity contribution in [2.45, 2.75) is 0 Å². The molecule has 3 heterocycles. The number of carbonyl (C=O) groups is 1. The zero-order chi connectivity index (χ0) is 18.1. The molecule has 128 valence electrons. The zero-order valence-corrected chi connectivity index (χ0v) is 13.2. The summed E-state index contributed by atoms with van der Waals surface area (Å²) in [5.74, 6) is -1.61. The molecule has 0 fully saturated rings. The number of amides is 1. The quantitative estimate of drug-likeness (QED) is 0.615. The largest absolute Gasteiger partial charge is 0.305 e. The lowest BCUT2D eigenvalue weighted by molar-refractivity contribution is 0.102. The van der Waals surface area contributed by atoms with E-state index >= 15 is 0 Å². The highest BCUT2D eigenvalue weighted by atomic mass is 19.1. The minimum absolute atomic E-state index is 0.0537. The van der Waals surface area contributed by atoms with E-state index < -0.39 is 17.5 Å². The number of benzene rings is 1. The highest BCUT2D eigenvalue weighted by Crippen LogP contribution is 2.24. The first-order valence-corrected chi connectivity index (χ1v) is 7.65. The van der Waals surface area contributed by atoms with Gasteiger partial charge in [0.05, 0.1) is 17.5 Å². The standard InChI is InChI=1S/C18H11F2N5O/c19-11-4-3-5-12(20)17(11)13-7-8-16-22-10-14(25(16)24-13)18(26)23-15-6-1-2-9-21-15/h1-10H,(H,21,23,26). The fourth-order valence-corrected chi connectivity index (χ4v) is 2.52. The van der Waals surface area contributed by atoms with Crippen LogP contribution in [0.3, 0.4) is 0 Å². The number of nitrogens with zero attached hydrogens (tertiary/aromatic N) is 4. The van der Waals surface area contributed by atoms with Crippen LogP contribution in [0, 0.1) is 11.6 Å². The fraction of sp³-hybridized carbons (Fsp3) is 0. The van der Waals surface area contributed by atoms with Gasteiger partial charge in [-0.1, -0.05) is 12.1 Å². The molecule has 0 spiro atoms. The Morgan fingerprint density at radius 1 is 0.962 bits per heavy atom. The van der Waals surface area contributed by atoms with Crippen molar-refractivity contribution in [1.29, 1.82) is 0 Å². The molecule has 4 rings (SSSR count). The molecular weight excluding hydrogens is 340 g/mol. The SMILES string of the molecule is O=C(Nc1ccccn1)c1cnc2ccc(-c3c(F)cccc3F)nn12. The summed E-state index contributed by atoms with van der Waals surface area (Å²) in [6.45, 7) is 0. The monoisotopic (exact) mass is 351 g/mol. The number of hydrogen-bond donors (Lipinski definition) is 1. The van der Waals surface area contributed by atoms with Crippen LogP contribution in [-0.4, -0.2) is 25.5 Å². The molecule has 1 amide bonds. The average Bonchev–Trinajstić information content (AvgIpc) is 3.06. The summed E-state index contributed by atoms with van der Waals surface area (Å²) in [6.07, 6.45) is 2.88. The van der Waals surface area contributed by atoms with E-state index in [9.17, 15) is 13.6 Å². The predicted octanol–water partition coefficient (Wildman–Crippen LogP) is 3.32. The van der Waals surface area contributed by atoms with E-state index in [2.05, 4.69) is 20.4 Å². The number of pyridine rings is 1. The molecule has 0 aliphatic rings. The smallest absolute Gasteiger partial charge is 0.277 e. The normalized spacial score (nSPS) is 10.8. The molecule has 3 aromatic heterocycles. The van der Waals surface area contributed by atoms with Crippen LogP contribution in [0.1, 0.15) is 10.5 Å². The first-order valence-electron chi connectivity index (χ1n) is 7.65. The van der Waals surface area contributed by atoms with Crippen molar-refractivity contribution in [3.8, 4) is 11.3 Å². The number of fused-ring (bicyclic) bond motifs is 1. The van der Waals surface area contributed by atoms with Gasteiger partial charge in [0.25, 0.3) is 5.91 Å². The summed E-state index contributed by atoms with van der Waals surface area (Å²) in [7, 11) is 0. The molecule has 0 aliphatic carbocycles. The van der Waals surface area contributed by atoms with Gasteiger partial charge in [-0.15, -0.1) is 0 Å². The highest BCUT2D eigenvalue weighted by molar-refractivity contribution is 6.02.